The third-order valence-corrected chi connectivity index (χ3v) is 5.28. The first-order chi connectivity index (χ1) is 10.1. The fourth-order valence-electron chi connectivity index (χ4n) is 2.74. The van der Waals surface area contributed by atoms with Crippen molar-refractivity contribution in [1.29, 1.82) is 0 Å². The van der Waals surface area contributed by atoms with E-state index in [1.165, 1.54) is 25.0 Å². The van der Waals surface area contributed by atoms with Gasteiger partial charge in [-0.15, -0.1) is 0 Å². The second-order valence-electron chi connectivity index (χ2n) is 5.24. The highest BCUT2D eigenvalue weighted by Gasteiger charge is 2.24. The van der Waals surface area contributed by atoms with Gasteiger partial charge in [0.25, 0.3) is 0 Å². The number of nitrogens with two attached hydrogens (primary N) is 1. The molecule has 1 saturated carbocycles. The van der Waals surface area contributed by atoms with Gasteiger partial charge in [0, 0.05) is 16.0 Å². The Morgan fingerprint density at radius 1 is 1.14 bits per heavy atom. The first-order valence-corrected chi connectivity index (χ1v) is 8.43. The zero-order valence-corrected chi connectivity index (χ0v) is 14.4. The van der Waals surface area contributed by atoms with Crippen LogP contribution in [-0.4, -0.2) is 9.97 Å². The number of nitrogens with zero attached hydrogens (tertiary/aromatic N) is 2. The van der Waals surface area contributed by atoms with Crippen LogP contribution in [0.1, 0.15) is 37.3 Å². The van der Waals surface area contributed by atoms with Crippen molar-refractivity contribution in [2.45, 2.75) is 31.6 Å². The molecule has 0 spiro atoms. The van der Waals surface area contributed by atoms with Gasteiger partial charge in [-0.05, 0) is 62.9 Å². The topological polar surface area (TPSA) is 51.8 Å². The largest absolute Gasteiger partial charge is 0.383 e. The molecule has 110 valence electrons. The van der Waals surface area contributed by atoms with Crippen LogP contribution in [0.5, 0.6) is 0 Å². The number of hydrogen-bond acceptors (Lipinski definition) is 3. The Balaban J connectivity index is 2.10. The second kappa shape index (κ2) is 6.01. The molecule has 2 N–H and O–H groups in total. The molecule has 0 atom stereocenters. The predicted octanol–water partition coefficient (Wildman–Crippen LogP) is 5.05. The lowest BCUT2D eigenvalue weighted by molar-refractivity contribution is 0.627. The first kappa shape index (κ1) is 14.9. The maximum Gasteiger partial charge on any atom is 0.162 e. The van der Waals surface area contributed by atoms with E-state index < -0.39 is 0 Å². The van der Waals surface area contributed by atoms with Gasteiger partial charge in [-0.2, -0.15) is 0 Å². The molecule has 21 heavy (non-hydrogen) atoms. The van der Waals surface area contributed by atoms with Crippen molar-refractivity contribution in [3.63, 3.8) is 0 Å². The van der Waals surface area contributed by atoms with Gasteiger partial charge in [0.15, 0.2) is 5.82 Å². The molecule has 0 unspecified atom stereocenters. The summed E-state index contributed by atoms with van der Waals surface area (Å²) in [6, 6.07) is 4.48. The lowest BCUT2D eigenvalue weighted by Gasteiger charge is -2.14. The van der Waals surface area contributed by atoms with Crippen molar-refractivity contribution in [3.05, 3.63) is 38.7 Å². The van der Waals surface area contributed by atoms with Gasteiger partial charge in [0.05, 0.1) is 10.2 Å². The molecule has 3 rings (SSSR count). The number of benzene rings is 1. The summed E-state index contributed by atoms with van der Waals surface area (Å²) in [5.74, 6) is 1.08. The van der Waals surface area contributed by atoms with E-state index in [2.05, 4.69) is 41.8 Å². The summed E-state index contributed by atoms with van der Waals surface area (Å²) in [5.41, 5.74) is 7.73. The molecular weight excluding hydrogens is 401 g/mol. The highest BCUT2D eigenvalue weighted by atomic mass is 79.9. The Morgan fingerprint density at radius 3 is 2.52 bits per heavy atom. The number of nitrogen functional groups attached to an aromatic ring is 1. The first-order valence-electron chi connectivity index (χ1n) is 6.84. The van der Waals surface area contributed by atoms with Crippen molar-refractivity contribution in [2.75, 3.05) is 5.73 Å². The summed E-state index contributed by atoms with van der Waals surface area (Å²) in [4.78, 5) is 9.02. The van der Waals surface area contributed by atoms with Crippen molar-refractivity contribution >= 4 is 37.7 Å². The maximum absolute atomic E-state index is 13.2. The molecule has 1 aliphatic rings. The van der Waals surface area contributed by atoms with Crippen molar-refractivity contribution in [2.24, 2.45) is 0 Å². The Kier molecular flexibility index (Phi) is 4.26. The number of rotatable bonds is 2. The maximum atomic E-state index is 13.2. The van der Waals surface area contributed by atoms with Crippen molar-refractivity contribution < 1.29 is 4.39 Å². The highest BCUT2D eigenvalue weighted by Crippen LogP contribution is 2.39. The van der Waals surface area contributed by atoms with Crippen LogP contribution >= 0.6 is 31.9 Å². The number of halogens is 3. The van der Waals surface area contributed by atoms with Crippen LogP contribution < -0.4 is 5.73 Å². The van der Waals surface area contributed by atoms with Gasteiger partial charge in [-0.25, -0.2) is 14.4 Å². The molecular formula is C15H14Br2FN3. The molecule has 0 saturated heterocycles. The van der Waals surface area contributed by atoms with Crippen LogP contribution in [0.2, 0.25) is 0 Å². The lowest BCUT2D eigenvalue weighted by atomic mass is 10.0. The molecule has 2 aromatic rings. The van der Waals surface area contributed by atoms with E-state index in [0.717, 1.165) is 28.6 Å². The van der Waals surface area contributed by atoms with E-state index in [9.17, 15) is 4.39 Å². The Hall–Kier alpha value is -1.01. The highest BCUT2D eigenvalue weighted by molar-refractivity contribution is 9.11. The zero-order valence-electron chi connectivity index (χ0n) is 11.2. The van der Waals surface area contributed by atoms with Crippen LogP contribution in [-0.2, 0) is 0 Å². The van der Waals surface area contributed by atoms with E-state index in [1.54, 1.807) is 6.07 Å². The third-order valence-electron chi connectivity index (χ3n) is 3.82. The van der Waals surface area contributed by atoms with Gasteiger partial charge in [0.1, 0.15) is 11.6 Å². The molecule has 0 amide bonds. The summed E-state index contributed by atoms with van der Waals surface area (Å²) >= 11 is 6.87. The summed E-state index contributed by atoms with van der Waals surface area (Å²) in [6.45, 7) is 0. The monoisotopic (exact) mass is 413 g/mol. The Morgan fingerprint density at radius 2 is 1.86 bits per heavy atom. The minimum atomic E-state index is -0.299. The van der Waals surface area contributed by atoms with E-state index in [4.69, 9.17) is 5.73 Å². The quantitative estimate of drug-likeness (QED) is 0.748. The van der Waals surface area contributed by atoms with Crippen molar-refractivity contribution in [3.8, 4) is 11.4 Å². The number of hydrogen-bond donors (Lipinski definition) is 1. The molecule has 0 aliphatic heterocycles. The van der Waals surface area contributed by atoms with Gasteiger partial charge >= 0.3 is 0 Å². The fraction of sp³-hybridized carbons (Fsp3) is 0.333. The Bertz CT molecular complexity index is 685. The standard InChI is InChI=1S/C15H14Br2FN3/c16-11-7-9(18)5-6-10(11)15-20-13(8-3-1-2-4-8)12(17)14(19)21-15/h5-8H,1-4H2,(H2,19,20,21). The van der Waals surface area contributed by atoms with E-state index in [1.807, 2.05) is 0 Å². The molecule has 6 heteroatoms. The average molecular weight is 415 g/mol. The molecule has 0 bridgehead atoms. The minimum Gasteiger partial charge on any atom is -0.383 e. The normalized spacial score (nSPS) is 15.6. The average Bonchev–Trinajstić information content (AvgIpc) is 2.96. The van der Waals surface area contributed by atoms with Gasteiger partial charge in [0.2, 0.25) is 0 Å². The fourth-order valence-corrected chi connectivity index (χ4v) is 3.77. The second-order valence-corrected chi connectivity index (χ2v) is 6.88. The van der Waals surface area contributed by atoms with Crippen LogP contribution in [0.15, 0.2) is 27.1 Å². The number of aromatic nitrogens is 2. The van der Waals surface area contributed by atoms with E-state index in [0.29, 0.717) is 22.0 Å². The van der Waals surface area contributed by atoms with Crippen molar-refractivity contribution in [1.82, 2.24) is 9.97 Å². The van der Waals surface area contributed by atoms with Gasteiger partial charge in [-0.1, -0.05) is 12.8 Å². The molecule has 3 nitrogen and oxygen atoms in total. The van der Waals surface area contributed by atoms with Crippen LogP contribution in [0, 0.1) is 5.82 Å². The molecule has 0 radical (unpaired) electrons. The van der Waals surface area contributed by atoms with Gasteiger partial charge < -0.3 is 5.73 Å². The molecule has 1 aromatic heterocycles. The summed E-state index contributed by atoms with van der Waals surface area (Å²) in [7, 11) is 0. The predicted molar refractivity (Wildman–Crippen MR) is 88.4 cm³/mol. The molecule has 1 aromatic carbocycles. The Labute approximate surface area is 139 Å². The molecule has 1 heterocycles. The smallest absolute Gasteiger partial charge is 0.162 e. The van der Waals surface area contributed by atoms with Crippen LogP contribution in [0.3, 0.4) is 0 Å². The van der Waals surface area contributed by atoms with Gasteiger partial charge in [-0.3, -0.25) is 0 Å². The summed E-state index contributed by atoms with van der Waals surface area (Å²) in [6.07, 6.45) is 4.69. The van der Waals surface area contributed by atoms with E-state index in [-0.39, 0.29) is 5.82 Å². The number of anilines is 1. The summed E-state index contributed by atoms with van der Waals surface area (Å²) in [5, 5.41) is 0. The SMILES string of the molecule is Nc1nc(-c2ccc(F)cc2Br)nc(C2CCCC2)c1Br. The third kappa shape index (κ3) is 2.97. The zero-order chi connectivity index (χ0) is 15.0. The lowest BCUT2D eigenvalue weighted by Crippen LogP contribution is -2.06. The summed E-state index contributed by atoms with van der Waals surface area (Å²) < 4.78 is 14.6. The van der Waals surface area contributed by atoms with Crippen LogP contribution in [0.25, 0.3) is 11.4 Å². The minimum absolute atomic E-state index is 0.299. The molecule has 1 fully saturated rings. The van der Waals surface area contributed by atoms with E-state index >= 15 is 0 Å². The van der Waals surface area contributed by atoms with Crippen LogP contribution in [0.4, 0.5) is 10.2 Å². The molecule has 1 aliphatic carbocycles.